The van der Waals surface area contributed by atoms with Crippen LogP contribution >= 0.6 is 0 Å². The summed E-state index contributed by atoms with van der Waals surface area (Å²) in [4.78, 5) is 46.7. The van der Waals surface area contributed by atoms with E-state index in [4.69, 9.17) is 24.7 Å². The van der Waals surface area contributed by atoms with Crippen LogP contribution in [-0.4, -0.2) is 54.5 Å². The number of ether oxygens (including phenoxy) is 3. The molecule has 0 aliphatic carbocycles. The predicted molar refractivity (Wildman–Crippen MR) is 188 cm³/mol. The number of carbonyl (C=O) groups is 4. The Labute approximate surface area is 281 Å². The van der Waals surface area contributed by atoms with Gasteiger partial charge < -0.3 is 24.7 Å². The lowest BCUT2D eigenvalue weighted by atomic mass is 9.93. The molecule has 3 aromatic rings. The maximum atomic E-state index is 12.8. The standard InChI is InChI=1S/C27H25NO4.C12H18O4/c1-3-7-21(27(30)32-26(29)17(2)12-22-16-31-22)14-20-10-6-9-19-13-18-8-4-5-11-23(18)24(15-28)25(19)20;1-4-9(2)12(15)16-8-6-5-7-10(3)11(13)14/h4-6,8-11,13-15,22,28H,2-3,7,12,16H2,1H3;2-8H2,1H3,(H,13,14). The van der Waals surface area contributed by atoms with Crippen molar-refractivity contribution in [3.05, 3.63) is 102 Å². The Morgan fingerprint density at radius 3 is 2.27 bits per heavy atom. The monoisotopic (exact) mass is 653 g/mol. The van der Waals surface area contributed by atoms with Gasteiger partial charge in [0.15, 0.2) is 0 Å². The molecule has 2 N–H and O–H groups in total. The number of fused-ring (bicyclic) bond motifs is 2. The summed E-state index contributed by atoms with van der Waals surface area (Å²) in [6, 6.07) is 15.9. The molecule has 3 aromatic carbocycles. The van der Waals surface area contributed by atoms with Gasteiger partial charge in [0.1, 0.15) is 0 Å². The molecule has 0 saturated carbocycles. The maximum absolute atomic E-state index is 12.8. The number of aliphatic carboxylic acids is 1. The van der Waals surface area contributed by atoms with Crippen LogP contribution in [0, 0.1) is 5.41 Å². The Bertz CT molecular complexity index is 1760. The van der Waals surface area contributed by atoms with E-state index < -0.39 is 17.9 Å². The fraction of sp³-hybridized carbons (Fsp3) is 0.308. The number of rotatable bonds is 16. The van der Waals surface area contributed by atoms with Gasteiger partial charge in [-0.25, -0.2) is 19.2 Å². The van der Waals surface area contributed by atoms with Gasteiger partial charge in [0, 0.05) is 40.5 Å². The second kappa shape index (κ2) is 18.3. The number of hydrogen-bond donors (Lipinski definition) is 2. The van der Waals surface area contributed by atoms with Crippen molar-refractivity contribution in [1.82, 2.24) is 0 Å². The number of carboxylic acids is 1. The van der Waals surface area contributed by atoms with Crippen molar-refractivity contribution in [2.75, 3.05) is 13.2 Å². The fourth-order valence-corrected chi connectivity index (χ4v) is 4.88. The minimum Gasteiger partial charge on any atom is -0.478 e. The van der Waals surface area contributed by atoms with Crippen molar-refractivity contribution in [3.63, 3.8) is 0 Å². The molecule has 0 aromatic heterocycles. The van der Waals surface area contributed by atoms with Crippen LogP contribution in [0.25, 0.3) is 27.6 Å². The summed E-state index contributed by atoms with van der Waals surface area (Å²) in [5.41, 5.74) is 2.89. The topological polar surface area (TPSA) is 143 Å². The molecule has 4 rings (SSSR count). The van der Waals surface area contributed by atoms with Gasteiger partial charge in [0.2, 0.25) is 0 Å². The predicted octanol–water partition coefficient (Wildman–Crippen LogP) is 7.90. The van der Waals surface area contributed by atoms with Crippen molar-refractivity contribution in [3.8, 4) is 0 Å². The Kier molecular flexibility index (Phi) is 14.2. The van der Waals surface area contributed by atoms with E-state index in [-0.39, 0.29) is 23.2 Å². The summed E-state index contributed by atoms with van der Waals surface area (Å²) in [5.74, 6) is -2.73. The third-order valence-corrected chi connectivity index (χ3v) is 7.69. The average Bonchev–Trinajstić information content (AvgIpc) is 3.90. The SMILES string of the molecule is C=C(CC1CO1)C(=O)OC(=O)C(=Cc1cccc2cc3ccccc3c(C=N)c12)CCC.C=C(CCCCOC(=O)C(=C)CC)C(=O)O. The lowest BCUT2D eigenvalue weighted by molar-refractivity contribution is -0.154. The van der Waals surface area contributed by atoms with E-state index in [1.165, 1.54) is 6.21 Å². The molecule has 1 fully saturated rings. The Morgan fingerprint density at radius 1 is 0.917 bits per heavy atom. The summed E-state index contributed by atoms with van der Waals surface area (Å²) in [5, 5.41) is 20.5. The van der Waals surface area contributed by atoms with E-state index in [0.717, 1.165) is 39.1 Å². The molecule has 1 unspecified atom stereocenters. The molecule has 0 spiro atoms. The van der Waals surface area contributed by atoms with Gasteiger partial charge in [-0.1, -0.05) is 82.5 Å². The number of epoxide rings is 1. The molecule has 1 aliphatic heterocycles. The third-order valence-electron chi connectivity index (χ3n) is 7.69. The number of carboxylic acid groups (broad SMARTS) is 1. The Morgan fingerprint density at radius 2 is 1.62 bits per heavy atom. The van der Waals surface area contributed by atoms with E-state index in [9.17, 15) is 19.2 Å². The number of esters is 3. The van der Waals surface area contributed by atoms with Gasteiger partial charge in [-0.05, 0) is 71.4 Å². The van der Waals surface area contributed by atoms with Crippen molar-refractivity contribution in [1.29, 1.82) is 5.41 Å². The molecule has 9 heteroatoms. The van der Waals surface area contributed by atoms with Gasteiger partial charge >= 0.3 is 23.9 Å². The first kappa shape index (κ1) is 37.3. The smallest absolute Gasteiger partial charge is 0.341 e. The first-order chi connectivity index (χ1) is 23.0. The van der Waals surface area contributed by atoms with Gasteiger partial charge in [0.05, 0.1) is 19.3 Å². The van der Waals surface area contributed by atoms with Gasteiger partial charge in [-0.15, -0.1) is 0 Å². The summed E-state index contributed by atoms with van der Waals surface area (Å²) >= 11 is 0. The van der Waals surface area contributed by atoms with Crippen LogP contribution in [0.3, 0.4) is 0 Å². The third kappa shape index (κ3) is 10.7. The van der Waals surface area contributed by atoms with E-state index >= 15 is 0 Å². The van der Waals surface area contributed by atoms with E-state index in [1.54, 1.807) is 6.08 Å². The largest absolute Gasteiger partial charge is 0.478 e. The quantitative estimate of drug-likeness (QED) is 0.0302. The normalized spacial score (nSPS) is 13.5. The number of benzene rings is 3. The lowest BCUT2D eigenvalue weighted by Gasteiger charge is -2.12. The first-order valence-corrected chi connectivity index (χ1v) is 16.0. The number of nitrogens with one attached hydrogen (secondary N) is 1. The zero-order valence-electron chi connectivity index (χ0n) is 27.6. The molecule has 0 amide bonds. The highest BCUT2D eigenvalue weighted by atomic mass is 16.6. The number of carbonyl (C=O) groups excluding carboxylic acids is 3. The Balaban J connectivity index is 0.000000332. The van der Waals surface area contributed by atoms with Gasteiger partial charge in [-0.2, -0.15) is 0 Å². The summed E-state index contributed by atoms with van der Waals surface area (Å²) in [6.07, 6.45) is 6.97. The molecular formula is C39H43NO8. The van der Waals surface area contributed by atoms with Crippen LogP contribution in [0.15, 0.2) is 90.6 Å². The highest BCUT2D eigenvalue weighted by Gasteiger charge is 2.27. The van der Waals surface area contributed by atoms with Crippen LogP contribution < -0.4 is 0 Å². The van der Waals surface area contributed by atoms with E-state index in [1.807, 2.05) is 56.3 Å². The highest BCUT2D eigenvalue weighted by molar-refractivity contribution is 6.16. The number of hydrogen-bond acceptors (Lipinski definition) is 8. The molecule has 252 valence electrons. The van der Waals surface area contributed by atoms with Crippen molar-refractivity contribution in [2.24, 2.45) is 0 Å². The zero-order chi connectivity index (χ0) is 35.2. The molecule has 0 bridgehead atoms. The molecule has 1 saturated heterocycles. The molecular weight excluding hydrogens is 610 g/mol. The summed E-state index contributed by atoms with van der Waals surface area (Å²) < 4.78 is 15.2. The zero-order valence-corrected chi connectivity index (χ0v) is 27.6. The Hall–Kier alpha value is -5.15. The average molecular weight is 654 g/mol. The van der Waals surface area contributed by atoms with Gasteiger partial charge in [0.25, 0.3) is 0 Å². The molecule has 9 nitrogen and oxygen atoms in total. The van der Waals surface area contributed by atoms with Crippen molar-refractivity contribution < 1.29 is 38.5 Å². The van der Waals surface area contributed by atoms with Crippen molar-refractivity contribution in [2.45, 2.75) is 64.9 Å². The second-order valence-electron chi connectivity index (χ2n) is 11.4. The molecule has 1 aliphatic rings. The van der Waals surface area contributed by atoms with Crippen LogP contribution in [0.4, 0.5) is 0 Å². The number of unbranched alkanes of at least 4 members (excludes halogenated alkanes) is 1. The maximum Gasteiger partial charge on any atom is 0.341 e. The van der Waals surface area contributed by atoms with E-state index in [2.05, 4.69) is 25.8 Å². The molecule has 1 heterocycles. The van der Waals surface area contributed by atoms with Crippen LogP contribution in [0.1, 0.15) is 69.9 Å². The highest BCUT2D eigenvalue weighted by Crippen LogP contribution is 2.31. The van der Waals surface area contributed by atoms with Crippen molar-refractivity contribution >= 4 is 57.7 Å². The van der Waals surface area contributed by atoms with Crippen LogP contribution in [0.2, 0.25) is 0 Å². The van der Waals surface area contributed by atoms with Crippen LogP contribution in [-0.2, 0) is 33.4 Å². The summed E-state index contributed by atoms with van der Waals surface area (Å²) in [6.45, 7) is 15.4. The minimum absolute atomic E-state index is 0.000792. The summed E-state index contributed by atoms with van der Waals surface area (Å²) in [7, 11) is 0. The fourth-order valence-electron chi connectivity index (χ4n) is 4.88. The minimum atomic E-state index is -0.976. The second-order valence-corrected chi connectivity index (χ2v) is 11.4. The first-order valence-electron chi connectivity index (χ1n) is 16.0. The van der Waals surface area contributed by atoms with E-state index in [0.29, 0.717) is 62.9 Å². The molecule has 48 heavy (non-hydrogen) atoms. The van der Waals surface area contributed by atoms with Gasteiger partial charge in [-0.3, -0.25) is 0 Å². The van der Waals surface area contributed by atoms with Crippen LogP contribution in [0.5, 0.6) is 0 Å². The molecule has 0 radical (unpaired) electrons. The lowest BCUT2D eigenvalue weighted by Crippen LogP contribution is -2.16. The molecule has 1 atom stereocenters.